The van der Waals surface area contributed by atoms with Gasteiger partial charge in [-0.25, -0.2) is 4.98 Å². The highest BCUT2D eigenvalue weighted by Crippen LogP contribution is 2.27. The van der Waals surface area contributed by atoms with Crippen LogP contribution in [0.1, 0.15) is 5.56 Å². The molecular weight excluding hydrogens is 252 g/mol. The molecule has 15 heavy (non-hydrogen) atoms. The van der Waals surface area contributed by atoms with Crippen LogP contribution in [0.15, 0.2) is 22.7 Å². The highest BCUT2D eigenvalue weighted by molar-refractivity contribution is 8.00. The Hall–Kier alpha value is -0.850. The number of halogens is 1. The fourth-order valence-electron chi connectivity index (χ4n) is 0.956. The predicted octanol–water partition coefficient (Wildman–Crippen LogP) is 2.46. The summed E-state index contributed by atoms with van der Waals surface area (Å²) < 4.78 is 0.862. The lowest BCUT2D eigenvalue weighted by Crippen LogP contribution is -1.82. The standard InChI is InChI=1S/C8H7ClN4S2/c9-6-3-5(1-2-11-6)4-14-8-13-12-7(10)15-8/h1-3H,4H2,(H2,10,12). The minimum Gasteiger partial charge on any atom is -0.374 e. The Morgan fingerprint density at radius 3 is 3.00 bits per heavy atom. The molecule has 0 amide bonds. The van der Waals surface area contributed by atoms with Crippen LogP contribution < -0.4 is 5.73 Å². The highest BCUT2D eigenvalue weighted by Gasteiger charge is 2.02. The number of aromatic nitrogens is 3. The smallest absolute Gasteiger partial charge is 0.203 e. The summed E-state index contributed by atoms with van der Waals surface area (Å²) in [6.07, 6.45) is 1.69. The first kappa shape index (κ1) is 10.7. The number of anilines is 1. The number of nitrogens with zero attached hydrogens (tertiary/aromatic N) is 3. The summed E-state index contributed by atoms with van der Waals surface area (Å²) in [4.78, 5) is 3.91. The zero-order valence-electron chi connectivity index (χ0n) is 7.55. The van der Waals surface area contributed by atoms with Gasteiger partial charge in [0, 0.05) is 11.9 Å². The molecule has 2 heterocycles. The van der Waals surface area contributed by atoms with Crippen LogP contribution in [0.2, 0.25) is 5.15 Å². The Morgan fingerprint density at radius 1 is 1.47 bits per heavy atom. The predicted molar refractivity (Wildman–Crippen MR) is 63.1 cm³/mol. The van der Waals surface area contributed by atoms with Crippen LogP contribution in [-0.2, 0) is 5.75 Å². The largest absolute Gasteiger partial charge is 0.374 e. The average molecular weight is 259 g/mol. The molecule has 0 fully saturated rings. The van der Waals surface area contributed by atoms with Crippen molar-refractivity contribution in [2.75, 3.05) is 5.73 Å². The van der Waals surface area contributed by atoms with Gasteiger partial charge in [0.05, 0.1) is 0 Å². The van der Waals surface area contributed by atoms with Gasteiger partial charge in [0.15, 0.2) is 4.34 Å². The Morgan fingerprint density at radius 2 is 2.33 bits per heavy atom. The molecule has 2 rings (SSSR count). The van der Waals surface area contributed by atoms with Crippen molar-refractivity contribution >= 4 is 39.8 Å². The van der Waals surface area contributed by atoms with Crippen molar-refractivity contribution in [3.63, 3.8) is 0 Å². The van der Waals surface area contributed by atoms with E-state index in [4.69, 9.17) is 17.3 Å². The van der Waals surface area contributed by atoms with Gasteiger partial charge in [0.2, 0.25) is 5.13 Å². The fraction of sp³-hybridized carbons (Fsp3) is 0.125. The quantitative estimate of drug-likeness (QED) is 0.677. The maximum absolute atomic E-state index is 5.76. The van der Waals surface area contributed by atoms with Crippen molar-refractivity contribution in [2.45, 2.75) is 10.1 Å². The summed E-state index contributed by atoms with van der Waals surface area (Å²) in [5.41, 5.74) is 6.58. The van der Waals surface area contributed by atoms with Gasteiger partial charge in [0.25, 0.3) is 0 Å². The van der Waals surface area contributed by atoms with Gasteiger partial charge in [-0.05, 0) is 17.7 Å². The number of rotatable bonds is 3. The molecule has 2 N–H and O–H groups in total. The highest BCUT2D eigenvalue weighted by atomic mass is 35.5. The maximum atomic E-state index is 5.76. The molecule has 0 radical (unpaired) electrons. The molecule has 0 aliphatic rings. The fourth-order valence-corrected chi connectivity index (χ4v) is 2.73. The third kappa shape index (κ3) is 3.05. The molecule has 4 nitrogen and oxygen atoms in total. The minimum absolute atomic E-state index is 0.491. The normalized spacial score (nSPS) is 10.5. The van der Waals surface area contributed by atoms with E-state index in [0.717, 1.165) is 15.7 Å². The van der Waals surface area contributed by atoms with Crippen LogP contribution in [0.25, 0.3) is 0 Å². The lowest BCUT2D eigenvalue weighted by atomic mass is 10.3. The molecule has 0 aliphatic heterocycles. The zero-order chi connectivity index (χ0) is 10.7. The van der Waals surface area contributed by atoms with Crippen LogP contribution in [0, 0.1) is 0 Å². The summed E-state index contributed by atoms with van der Waals surface area (Å²) in [7, 11) is 0. The molecule has 78 valence electrons. The number of nitrogen functional groups attached to an aromatic ring is 1. The van der Waals surface area contributed by atoms with Gasteiger partial charge in [0.1, 0.15) is 5.15 Å². The van der Waals surface area contributed by atoms with E-state index in [1.807, 2.05) is 12.1 Å². The number of hydrogen-bond acceptors (Lipinski definition) is 6. The number of hydrogen-bond donors (Lipinski definition) is 1. The lowest BCUT2D eigenvalue weighted by molar-refractivity contribution is 1.02. The Bertz CT molecular complexity index is 459. The van der Waals surface area contributed by atoms with Gasteiger partial charge in [-0.3, -0.25) is 0 Å². The van der Waals surface area contributed by atoms with E-state index in [2.05, 4.69) is 15.2 Å². The van der Waals surface area contributed by atoms with Crippen molar-refractivity contribution in [1.82, 2.24) is 15.2 Å². The van der Waals surface area contributed by atoms with Crippen LogP contribution in [0.5, 0.6) is 0 Å². The average Bonchev–Trinajstić information content (AvgIpc) is 2.62. The number of thioether (sulfide) groups is 1. The molecule has 0 saturated carbocycles. The van der Waals surface area contributed by atoms with Crippen molar-refractivity contribution in [3.8, 4) is 0 Å². The summed E-state index contributed by atoms with van der Waals surface area (Å²) in [6.45, 7) is 0. The van der Waals surface area contributed by atoms with E-state index in [0.29, 0.717) is 10.3 Å². The van der Waals surface area contributed by atoms with Crippen LogP contribution in [0.4, 0.5) is 5.13 Å². The SMILES string of the molecule is Nc1nnc(SCc2ccnc(Cl)c2)s1. The molecule has 2 aromatic rings. The molecular formula is C8H7ClN4S2. The molecule has 7 heteroatoms. The molecule has 0 aromatic carbocycles. The minimum atomic E-state index is 0.491. The summed E-state index contributed by atoms with van der Waals surface area (Å²) in [5.74, 6) is 0.789. The van der Waals surface area contributed by atoms with Gasteiger partial charge in [-0.2, -0.15) is 0 Å². The van der Waals surface area contributed by atoms with E-state index in [1.165, 1.54) is 11.3 Å². The van der Waals surface area contributed by atoms with Crippen LogP contribution in [-0.4, -0.2) is 15.2 Å². The molecule has 2 aromatic heterocycles. The summed E-state index contributed by atoms with van der Waals surface area (Å²) in [6, 6.07) is 3.75. The van der Waals surface area contributed by atoms with Gasteiger partial charge < -0.3 is 5.73 Å². The van der Waals surface area contributed by atoms with Crippen molar-refractivity contribution in [3.05, 3.63) is 29.0 Å². The molecule has 0 saturated heterocycles. The van der Waals surface area contributed by atoms with E-state index >= 15 is 0 Å². The molecule has 0 aliphatic carbocycles. The molecule has 0 unspecified atom stereocenters. The van der Waals surface area contributed by atoms with Crippen LogP contribution in [0.3, 0.4) is 0 Å². The van der Waals surface area contributed by atoms with Gasteiger partial charge in [-0.15, -0.1) is 10.2 Å². The summed E-state index contributed by atoms with van der Waals surface area (Å²) in [5, 5.41) is 8.64. The second kappa shape index (κ2) is 4.78. The second-order valence-electron chi connectivity index (χ2n) is 2.68. The number of nitrogens with two attached hydrogens (primary N) is 1. The number of pyridine rings is 1. The Kier molecular flexibility index (Phi) is 3.40. The van der Waals surface area contributed by atoms with Crippen molar-refractivity contribution in [1.29, 1.82) is 0 Å². The van der Waals surface area contributed by atoms with E-state index in [-0.39, 0.29) is 0 Å². The van der Waals surface area contributed by atoms with Crippen LogP contribution >= 0.6 is 34.7 Å². The van der Waals surface area contributed by atoms with Gasteiger partial charge >= 0.3 is 0 Å². The summed E-state index contributed by atoms with van der Waals surface area (Å²) >= 11 is 8.73. The zero-order valence-corrected chi connectivity index (χ0v) is 9.94. The molecule has 0 spiro atoms. The van der Waals surface area contributed by atoms with Gasteiger partial charge in [-0.1, -0.05) is 34.7 Å². The first-order valence-electron chi connectivity index (χ1n) is 4.06. The maximum Gasteiger partial charge on any atom is 0.203 e. The van der Waals surface area contributed by atoms with E-state index < -0.39 is 0 Å². The second-order valence-corrected chi connectivity index (χ2v) is 5.30. The van der Waals surface area contributed by atoms with Crippen molar-refractivity contribution in [2.24, 2.45) is 0 Å². The Labute approximate surface area is 99.9 Å². The Balaban J connectivity index is 1.99. The topological polar surface area (TPSA) is 64.7 Å². The monoisotopic (exact) mass is 258 g/mol. The third-order valence-corrected chi connectivity index (χ3v) is 3.74. The van der Waals surface area contributed by atoms with E-state index in [1.54, 1.807) is 18.0 Å². The first-order valence-corrected chi connectivity index (χ1v) is 6.24. The third-order valence-electron chi connectivity index (χ3n) is 1.58. The first-order chi connectivity index (χ1) is 7.24. The molecule has 0 bridgehead atoms. The van der Waals surface area contributed by atoms with Crippen molar-refractivity contribution < 1.29 is 0 Å². The van der Waals surface area contributed by atoms with E-state index in [9.17, 15) is 0 Å². The lowest BCUT2D eigenvalue weighted by Gasteiger charge is -1.97. The molecule has 0 atom stereocenters.